The van der Waals surface area contributed by atoms with Crippen LogP contribution in [0.15, 0.2) is 42.9 Å². The van der Waals surface area contributed by atoms with Gasteiger partial charge in [0.2, 0.25) is 5.88 Å². The second kappa shape index (κ2) is 6.31. The maximum absolute atomic E-state index is 5.74. The molecule has 0 bridgehead atoms. The molecule has 6 rings (SSSR count). The van der Waals surface area contributed by atoms with E-state index in [0.29, 0.717) is 12.5 Å². The Balaban J connectivity index is 1.26. The fourth-order valence-electron chi connectivity index (χ4n) is 4.67. The van der Waals surface area contributed by atoms with E-state index in [1.165, 1.54) is 6.42 Å². The number of fused-ring (bicyclic) bond motifs is 4. The van der Waals surface area contributed by atoms with Gasteiger partial charge in [-0.05, 0) is 55.6 Å². The summed E-state index contributed by atoms with van der Waals surface area (Å²) in [5.41, 5.74) is 3.91. The third-order valence-corrected chi connectivity index (χ3v) is 6.18. The number of rotatable bonds is 2. The maximum Gasteiger partial charge on any atom is 0.223 e. The Morgan fingerprint density at radius 1 is 1.11 bits per heavy atom. The van der Waals surface area contributed by atoms with Crippen LogP contribution in [0.2, 0.25) is 0 Å². The van der Waals surface area contributed by atoms with Gasteiger partial charge < -0.3 is 15.0 Å². The fourth-order valence-corrected chi connectivity index (χ4v) is 4.67. The van der Waals surface area contributed by atoms with Crippen molar-refractivity contribution in [1.29, 1.82) is 0 Å². The summed E-state index contributed by atoms with van der Waals surface area (Å²) < 4.78 is 7.63. The van der Waals surface area contributed by atoms with E-state index >= 15 is 0 Å². The third kappa shape index (κ3) is 2.57. The van der Waals surface area contributed by atoms with Gasteiger partial charge in [0.1, 0.15) is 18.1 Å². The first-order chi connectivity index (χ1) is 13.8. The van der Waals surface area contributed by atoms with Crippen LogP contribution < -0.4 is 15.0 Å². The van der Waals surface area contributed by atoms with Gasteiger partial charge in [0.05, 0.1) is 17.4 Å². The summed E-state index contributed by atoms with van der Waals surface area (Å²) in [5, 5.41) is 8.30. The van der Waals surface area contributed by atoms with E-state index in [4.69, 9.17) is 14.8 Å². The number of nitrogens with one attached hydrogen (secondary N) is 1. The Kier molecular flexibility index (Phi) is 3.62. The van der Waals surface area contributed by atoms with E-state index in [2.05, 4.69) is 27.3 Å². The molecular formula is C21H22N6O. The Bertz CT molecular complexity index is 1000. The normalized spacial score (nSPS) is 22.9. The van der Waals surface area contributed by atoms with Crippen LogP contribution in [0.25, 0.3) is 16.9 Å². The molecule has 0 saturated carbocycles. The highest BCUT2D eigenvalue weighted by Gasteiger charge is 2.34. The number of aromatic nitrogens is 4. The molecule has 0 aromatic carbocycles. The highest BCUT2D eigenvalue weighted by Crippen LogP contribution is 2.35. The Hall–Kier alpha value is -2.93. The number of pyridine rings is 2. The van der Waals surface area contributed by atoms with E-state index < -0.39 is 0 Å². The van der Waals surface area contributed by atoms with Gasteiger partial charge in [-0.25, -0.2) is 14.6 Å². The first-order valence-corrected chi connectivity index (χ1v) is 9.94. The molecule has 0 aliphatic carbocycles. The van der Waals surface area contributed by atoms with Crippen LogP contribution >= 0.6 is 0 Å². The monoisotopic (exact) mass is 374 g/mol. The van der Waals surface area contributed by atoms with E-state index in [1.807, 2.05) is 29.2 Å². The molecule has 3 aliphatic rings. The second-order valence-corrected chi connectivity index (χ2v) is 7.88. The van der Waals surface area contributed by atoms with Crippen LogP contribution in [-0.2, 0) is 6.61 Å². The molecule has 7 heteroatoms. The molecule has 7 nitrogen and oxygen atoms in total. The molecule has 142 valence electrons. The van der Waals surface area contributed by atoms with Crippen molar-refractivity contribution in [2.75, 3.05) is 31.1 Å². The molecule has 0 spiro atoms. The molecule has 6 heterocycles. The summed E-state index contributed by atoms with van der Waals surface area (Å²) in [7, 11) is 0. The Morgan fingerprint density at radius 2 is 2.07 bits per heavy atom. The van der Waals surface area contributed by atoms with E-state index in [1.54, 1.807) is 6.20 Å². The predicted molar refractivity (Wildman–Crippen MR) is 106 cm³/mol. The molecular weight excluding hydrogens is 352 g/mol. The van der Waals surface area contributed by atoms with Gasteiger partial charge in [-0.15, -0.1) is 0 Å². The molecule has 2 fully saturated rings. The molecule has 2 saturated heterocycles. The summed E-state index contributed by atoms with van der Waals surface area (Å²) >= 11 is 0. The van der Waals surface area contributed by atoms with Crippen molar-refractivity contribution in [2.24, 2.45) is 11.8 Å². The topological polar surface area (TPSA) is 68.1 Å². The van der Waals surface area contributed by atoms with E-state index in [9.17, 15) is 0 Å². The van der Waals surface area contributed by atoms with Crippen molar-refractivity contribution >= 4 is 5.82 Å². The number of nitrogens with zero attached hydrogens (tertiary/aromatic N) is 5. The van der Waals surface area contributed by atoms with Gasteiger partial charge in [0, 0.05) is 31.0 Å². The fraction of sp³-hybridized carbons (Fsp3) is 0.381. The van der Waals surface area contributed by atoms with Gasteiger partial charge in [-0.3, -0.25) is 0 Å². The largest absolute Gasteiger partial charge is 0.472 e. The number of hydrogen-bond acceptors (Lipinski definition) is 6. The molecule has 3 aromatic heterocycles. The van der Waals surface area contributed by atoms with Crippen molar-refractivity contribution in [3.8, 4) is 22.8 Å². The summed E-state index contributed by atoms with van der Waals surface area (Å²) in [6, 6.07) is 8.13. The van der Waals surface area contributed by atoms with Crippen LogP contribution in [0.1, 0.15) is 12.0 Å². The lowest BCUT2D eigenvalue weighted by atomic mass is 9.90. The van der Waals surface area contributed by atoms with Crippen LogP contribution in [0.4, 0.5) is 5.82 Å². The minimum Gasteiger partial charge on any atom is -0.472 e. The number of ether oxygens (including phenoxy) is 1. The lowest BCUT2D eigenvalue weighted by Crippen LogP contribution is -2.35. The molecule has 2 unspecified atom stereocenters. The van der Waals surface area contributed by atoms with Crippen molar-refractivity contribution in [1.82, 2.24) is 25.1 Å². The average Bonchev–Trinajstić information content (AvgIpc) is 3.38. The lowest BCUT2D eigenvalue weighted by Gasteiger charge is -2.23. The highest BCUT2D eigenvalue weighted by molar-refractivity contribution is 5.69. The second-order valence-electron chi connectivity index (χ2n) is 7.88. The number of anilines is 1. The van der Waals surface area contributed by atoms with Crippen molar-refractivity contribution in [3.63, 3.8) is 0 Å². The summed E-state index contributed by atoms with van der Waals surface area (Å²) in [5.74, 6) is 3.27. The smallest absolute Gasteiger partial charge is 0.223 e. The van der Waals surface area contributed by atoms with Crippen LogP contribution in [0, 0.1) is 11.8 Å². The first kappa shape index (κ1) is 16.1. The summed E-state index contributed by atoms with van der Waals surface area (Å²) in [4.78, 5) is 11.5. The third-order valence-electron chi connectivity index (χ3n) is 6.18. The molecule has 0 amide bonds. The molecule has 0 radical (unpaired) electrons. The molecule has 3 aliphatic heterocycles. The molecule has 3 aromatic rings. The highest BCUT2D eigenvalue weighted by atomic mass is 16.5. The zero-order chi connectivity index (χ0) is 18.5. The van der Waals surface area contributed by atoms with Gasteiger partial charge in [-0.2, -0.15) is 5.10 Å². The lowest BCUT2D eigenvalue weighted by molar-refractivity contribution is 0.290. The number of hydrogen-bond donors (Lipinski definition) is 1. The Morgan fingerprint density at radius 3 is 2.96 bits per heavy atom. The minimum absolute atomic E-state index is 0.495. The average molecular weight is 374 g/mol. The van der Waals surface area contributed by atoms with Gasteiger partial charge in [-0.1, -0.05) is 0 Å². The van der Waals surface area contributed by atoms with Crippen molar-refractivity contribution < 1.29 is 4.74 Å². The van der Waals surface area contributed by atoms with Crippen LogP contribution in [-0.4, -0.2) is 45.9 Å². The van der Waals surface area contributed by atoms with E-state index in [-0.39, 0.29) is 0 Å². The molecule has 28 heavy (non-hydrogen) atoms. The minimum atomic E-state index is 0.495. The summed E-state index contributed by atoms with van der Waals surface area (Å²) in [6.07, 6.45) is 6.96. The number of piperidine rings is 1. The van der Waals surface area contributed by atoms with Gasteiger partial charge in [0.25, 0.3) is 0 Å². The van der Waals surface area contributed by atoms with Crippen LogP contribution in [0.5, 0.6) is 5.88 Å². The van der Waals surface area contributed by atoms with Crippen molar-refractivity contribution in [3.05, 3.63) is 48.4 Å². The summed E-state index contributed by atoms with van der Waals surface area (Å²) in [6.45, 7) is 5.00. The quantitative estimate of drug-likeness (QED) is 0.742. The van der Waals surface area contributed by atoms with Gasteiger partial charge >= 0.3 is 0 Å². The van der Waals surface area contributed by atoms with Crippen LogP contribution in [0.3, 0.4) is 0 Å². The SMILES string of the molecule is c1cnc2c(c1)-c1nn(-c3ccc(N4CC5CCNCC5C4)nc3)cc1CO2. The zero-order valence-corrected chi connectivity index (χ0v) is 15.6. The Labute approximate surface area is 163 Å². The first-order valence-electron chi connectivity index (χ1n) is 9.94. The van der Waals surface area contributed by atoms with Gasteiger partial charge in [0.15, 0.2) is 0 Å². The van der Waals surface area contributed by atoms with Crippen molar-refractivity contribution in [2.45, 2.75) is 13.0 Å². The van der Waals surface area contributed by atoms with E-state index in [0.717, 1.165) is 66.3 Å². The molecule has 2 atom stereocenters. The maximum atomic E-state index is 5.74. The zero-order valence-electron chi connectivity index (χ0n) is 15.6. The standard InChI is InChI=1S/C21H22N6O/c1-2-18-20-16(13-28-21(18)23-6-1)12-27(25-20)17-3-4-19(24-9-17)26-10-14-5-7-22-8-15(14)11-26/h1-4,6,9,12,14-15,22H,5,7-8,10-11,13H2. The predicted octanol–water partition coefficient (Wildman–Crippen LogP) is 2.27. The molecule has 1 N–H and O–H groups in total.